The zero-order valence-electron chi connectivity index (χ0n) is 9.08. The molecular weight excluding hydrogens is 260 g/mol. The van der Waals surface area contributed by atoms with E-state index in [0.717, 1.165) is 18.2 Å². The predicted octanol–water partition coefficient (Wildman–Crippen LogP) is 3.43. The van der Waals surface area contributed by atoms with Gasteiger partial charge in [0.15, 0.2) is 5.78 Å². The maximum Gasteiger partial charge on any atom is 0.198 e. The van der Waals surface area contributed by atoms with Crippen molar-refractivity contribution in [3.05, 3.63) is 64.2 Å². The summed E-state index contributed by atoms with van der Waals surface area (Å²) in [5, 5.41) is 0.177. The summed E-state index contributed by atoms with van der Waals surface area (Å²) in [5.74, 6) is -2.06. The van der Waals surface area contributed by atoms with Gasteiger partial charge in [0.1, 0.15) is 11.6 Å². The summed E-state index contributed by atoms with van der Waals surface area (Å²) in [7, 11) is 0. The van der Waals surface area contributed by atoms with Crippen LogP contribution in [0.15, 0.2) is 36.4 Å². The molecule has 0 aliphatic rings. The fraction of sp³-hybridized carbons (Fsp3) is 0. The van der Waals surface area contributed by atoms with Gasteiger partial charge < -0.3 is 5.73 Å². The highest BCUT2D eigenvalue weighted by Crippen LogP contribution is 2.21. The van der Waals surface area contributed by atoms with Gasteiger partial charge in [-0.05, 0) is 36.4 Å². The first-order valence-electron chi connectivity index (χ1n) is 5.04. The Morgan fingerprint density at radius 2 is 1.78 bits per heavy atom. The molecule has 0 unspecified atom stereocenters. The summed E-state index contributed by atoms with van der Waals surface area (Å²) in [5.41, 5.74) is 5.39. The smallest absolute Gasteiger partial charge is 0.198 e. The van der Waals surface area contributed by atoms with E-state index in [4.69, 9.17) is 17.3 Å². The molecule has 0 atom stereocenters. The second-order valence-corrected chi connectivity index (χ2v) is 4.12. The van der Waals surface area contributed by atoms with Crippen LogP contribution in [-0.4, -0.2) is 5.78 Å². The monoisotopic (exact) mass is 267 g/mol. The van der Waals surface area contributed by atoms with E-state index in [1.54, 1.807) is 0 Å². The lowest BCUT2D eigenvalue weighted by Crippen LogP contribution is -2.08. The number of benzene rings is 2. The third-order valence-corrected chi connectivity index (χ3v) is 2.67. The van der Waals surface area contributed by atoms with Crippen molar-refractivity contribution in [2.24, 2.45) is 0 Å². The van der Waals surface area contributed by atoms with Gasteiger partial charge in [0, 0.05) is 16.3 Å². The highest BCUT2D eigenvalue weighted by atomic mass is 35.5. The van der Waals surface area contributed by atoms with Crippen LogP contribution in [-0.2, 0) is 0 Å². The quantitative estimate of drug-likeness (QED) is 0.669. The summed E-state index contributed by atoms with van der Waals surface area (Å²) in [6.07, 6.45) is 0. The first-order valence-corrected chi connectivity index (χ1v) is 5.41. The van der Waals surface area contributed by atoms with Gasteiger partial charge in [0.25, 0.3) is 0 Å². The minimum atomic E-state index is -0.767. The van der Waals surface area contributed by atoms with Crippen LogP contribution in [0.5, 0.6) is 0 Å². The van der Waals surface area contributed by atoms with Crippen molar-refractivity contribution in [2.45, 2.75) is 0 Å². The van der Waals surface area contributed by atoms with Gasteiger partial charge in [-0.2, -0.15) is 0 Å². The summed E-state index contributed by atoms with van der Waals surface area (Å²) in [6.45, 7) is 0. The minimum absolute atomic E-state index is 0.0729. The number of nitrogens with two attached hydrogens (primary N) is 1. The zero-order chi connectivity index (χ0) is 13.3. The lowest BCUT2D eigenvalue weighted by Gasteiger charge is -2.06. The molecule has 0 saturated heterocycles. The molecule has 0 saturated carbocycles. The number of hydrogen-bond acceptors (Lipinski definition) is 2. The number of carbonyl (C=O) groups excluding carboxylic acids is 1. The molecule has 2 rings (SSSR count). The van der Waals surface area contributed by atoms with Crippen molar-refractivity contribution >= 4 is 23.1 Å². The van der Waals surface area contributed by atoms with Gasteiger partial charge in [-0.3, -0.25) is 4.79 Å². The van der Waals surface area contributed by atoms with E-state index in [2.05, 4.69) is 0 Å². The SMILES string of the molecule is Nc1ccc(F)cc1C(=O)c1ccc(Cl)cc1F. The van der Waals surface area contributed by atoms with Crippen molar-refractivity contribution in [2.75, 3.05) is 5.73 Å². The summed E-state index contributed by atoms with van der Waals surface area (Å²) in [4.78, 5) is 12.0. The lowest BCUT2D eigenvalue weighted by molar-refractivity contribution is 0.103. The van der Waals surface area contributed by atoms with Crippen LogP contribution in [0, 0.1) is 11.6 Å². The molecule has 5 heteroatoms. The van der Waals surface area contributed by atoms with Gasteiger partial charge >= 0.3 is 0 Å². The maximum absolute atomic E-state index is 13.6. The molecule has 0 bridgehead atoms. The van der Waals surface area contributed by atoms with Crippen LogP contribution in [0.2, 0.25) is 5.02 Å². The predicted molar refractivity (Wildman–Crippen MR) is 65.7 cm³/mol. The van der Waals surface area contributed by atoms with Crippen LogP contribution < -0.4 is 5.73 Å². The van der Waals surface area contributed by atoms with Crippen LogP contribution in [0.1, 0.15) is 15.9 Å². The van der Waals surface area contributed by atoms with Crippen molar-refractivity contribution in [3.8, 4) is 0 Å². The van der Waals surface area contributed by atoms with E-state index in [1.165, 1.54) is 18.2 Å². The Kier molecular flexibility index (Phi) is 3.30. The molecule has 0 heterocycles. The maximum atomic E-state index is 13.6. The molecule has 2 aromatic rings. The number of ketones is 1. The van der Waals surface area contributed by atoms with Gasteiger partial charge in [-0.1, -0.05) is 11.6 Å². The Bertz CT molecular complexity index is 628. The molecular formula is C13H8ClF2NO. The third kappa shape index (κ3) is 2.33. The fourth-order valence-electron chi connectivity index (χ4n) is 1.54. The summed E-state index contributed by atoms with van der Waals surface area (Å²) < 4.78 is 26.6. The molecule has 2 aromatic carbocycles. The topological polar surface area (TPSA) is 43.1 Å². The summed E-state index contributed by atoms with van der Waals surface area (Å²) >= 11 is 5.59. The van der Waals surface area contributed by atoms with Crippen LogP contribution in [0.4, 0.5) is 14.5 Å². The normalized spacial score (nSPS) is 10.4. The lowest BCUT2D eigenvalue weighted by atomic mass is 10.0. The van der Waals surface area contributed by atoms with Crippen molar-refractivity contribution in [3.63, 3.8) is 0 Å². The van der Waals surface area contributed by atoms with E-state index in [-0.39, 0.29) is 21.8 Å². The van der Waals surface area contributed by atoms with Crippen LogP contribution >= 0.6 is 11.6 Å². The molecule has 0 amide bonds. The number of carbonyl (C=O) groups is 1. The molecule has 0 aliphatic heterocycles. The molecule has 2 nitrogen and oxygen atoms in total. The number of halogens is 3. The van der Waals surface area contributed by atoms with E-state index in [9.17, 15) is 13.6 Å². The molecule has 92 valence electrons. The van der Waals surface area contributed by atoms with Gasteiger partial charge in [0.2, 0.25) is 0 Å². The molecule has 0 aliphatic carbocycles. The Hall–Kier alpha value is -1.94. The Morgan fingerprint density at radius 3 is 2.44 bits per heavy atom. The first-order chi connectivity index (χ1) is 8.49. The first kappa shape index (κ1) is 12.5. The number of nitrogen functional groups attached to an aromatic ring is 1. The molecule has 0 radical (unpaired) electrons. The number of rotatable bonds is 2. The number of hydrogen-bond donors (Lipinski definition) is 1. The molecule has 0 aromatic heterocycles. The van der Waals surface area contributed by atoms with Crippen molar-refractivity contribution in [1.82, 2.24) is 0 Å². The van der Waals surface area contributed by atoms with Crippen molar-refractivity contribution in [1.29, 1.82) is 0 Å². The molecule has 18 heavy (non-hydrogen) atoms. The average Bonchev–Trinajstić information content (AvgIpc) is 2.31. The standard InChI is InChI=1S/C13H8ClF2NO/c14-7-1-3-9(11(16)5-7)13(18)10-6-8(15)2-4-12(10)17/h1-6H,17H2. The zero-order valence-corrected chi connectivity index (χ0v) is 9.84. The highest BCUT2D eigenvalue weighted by Gasteiger charge is 2.17. The van der Waals surface area contributed by atoms with E-state index < -0.39 is 17.4 Å². The molecule has 2 N–H and O–H groups in total. The van der Waals surface area contributed by atoms with E-state index in [0.29, 0.717) is 0 Å². The van der Waals surface area contributed by atoms with Gasteiger partial charge in [-0.25, -0.2) is 8.78 Å². The Morgan fingerprint density at radius 1 is 1.06 bits per heavy atom. The summed E-state index contributed by atoms with van der Waals surface area (Å²) in [6, 6.07) is 7.01. The van der Waals surface area contributed by atoms with Gasteiger partial charge in [0.05, 0.1) is 5.56 Å². The third-order valence-electron chi connectivity index (χ3n) is 2.44. The largest absolute Gasteiger partial charge is 0.398 e. The average molecular weight is 268 g/mol. The number of anilines is 1. The Balaban J connectivity index is 2.51. The Labute approximate surface area is 107 Å². The van der Waals surface area contributed by atoms with Crippen LogP contribution in [0.25, 0.3) is 0 Å². The van der Waals surface area contributed by atoms with E-state index in [1.807, 2.05) is 0 Å². The second kappa shape index (κ2) is 4.74. The highest BCUT2D eigenvalue weighted by molar-refractivity contribution is 6.30. The van der Waals surface area contributed by atoms with Crippen LogP contribution in [0.3, 0.4) is 0 Å². The van der Waals surface area contributed by atoms with Crippen molar-refractivity contribution < 1.29 is 13.6 Å². The molecule has 0 fully saturated rings. The van der Waals surface area contributed by atoms with E-state index >= 15 is 0 Å². The molecule has 0 spiro atoms. The second-order valence-electron chi connectivity index (χ2n) is 3.68. The minimum Gasteiger partial charge on any atom is -0.398 e. The fourth-order valence-corrected chi connectivity index (χ4v) is 1.70. The van der Waals surface area contributed by atoms with Gasteiger partial charge in [-0.15, -0.1) is 0 Å².